The highest BCUT2D eigenvalue weighted by Gasteiger charge is 2.04. The van der Waals surface area contributed by atoms with Gasteiger partial charge in [-0.05, 0) is 54.8 Å². The van der Waals surface area contributed by atoms with Crippen molar-refractivity contribution in [3.05, 3.63) is 53.9 Å². The molecule has 27 heavy (non-hydrogen) atoms. The van der Waals surface area contributed by atoms with E-state index in [-0.39, 0.29) is 6.03 Å². The maximum absolute atomic E-state index is 11.7. The first-order chi connectivity index (χ1) is 13.2. The molecule has 0 radical (unpaired) electrons. The summed E-state index contributed by atoms with van der Waals surface area (Å²) in [5.74, 6) is 1.23. The van der Waals surface area contributed by atoms with E-state index in [1.807, 2.05) is 54.8 Å². The maximum Gasteiger partial charge on any atom is 0.319 e. The van der Waals surface area contributed by atoms with Crippen molar-refractivity contribution in [2.24, 2.45) is 0 Å². The average molecular weight is 384 g/mol. The fourth-order valence-corrected chi connectivity index (χ4v) is 2.88. The second kappa shape index (κ2) is 9.54. The Kier molecular flexibility index (Phi) is 6.59. The van der Waals surface area contributed by atoms with Crippen LogP contribution >= 0.6 is 11.3 Å². The van der Waals surface area contributed by atoms with Crippen molar-refractivity contribution in [1.29, 1.82) is 0 Å². The van der Waals surface area contributed by atoms with Gasteiger partial charge in [-0.2, -0.15) is 0 Å². The van der Waals surface area contributed by atoms with Gasteiger partial charge in [0.05, 0.1) is 23.8 Å². The molecule has 0 unspecified atom stereocenters. The maximum atomic E-state index is 11.7. The standard InChI is InChI=1S/C19H20N4O3S/c1-2-25-15-7-5-14(6-8-15)16-9-10-17(23-22-16)26-12-11-20-19(24)21-18-4-3-13-27-18/h3-10,13H,2,11-12H2,1H3,(H2,20,21,24). The molecule has 0 atom stereocenters. The molecule has 1 aromatic carbocycles. The number of nitrogens with zero attached hydrogens (tertiary/aromatic N) is 2. The Morgan fingerprint density at radius 2 is 1.93 bits per heavy atom. The summed E-state index contributed by atoms with van der Waals surface area (Å²) in [5, 5.41) is 16.4. The molecule has 7 nitrogen and oxygen atoms in total. The number of benzene rings is 1. The van der Waals surface area contributed by atoms with Gasteiger partial charge >= 0.3 is 6.03 Å². The third-order valence-electron chi connectivity index (χ3n) is 3.50. The van der Waals surface area contributed by atoms with Crippen LogP contribution in [0.5, 0.6) is 11.6 Å². The van der Waals surface area contributed by atoms with Crippen LogP contribution in [0.2, 0.25) is 0 Å². The normalized spacial score (nSPS) is 10.3. The van der Waals surface area contributed by atoms with E-state index in [4.69, 9.17) is 9.47 Å². The molecule has 2 N–H and O–H groups in total. The largest absolute Gasteiger partial charge is 0.494 e. The number of hydrogen-bond donors (Lipinski definition) is 2. The number of amides is 2. The minimum absolute atomic E-state index is 0.266. The predicted octanol–water partition coefficient (Wildman–Crippen LogP) is 3.80. The Labute approximate surface area is 161 Å². The number of nitrogens with one attached hydrogen (secondary N) is 2. The molecule has 0 saturated carbocycles. The van der Waals surface area contributed by atoms with Crippen LogP contribution in [0, 0.1) is 0 Å². The van der Waals surface area contributed by atoms with Crippen molar-refractivity contribution < 1.29 is 14.3 Å². The van der Waals surface area contributed by atoms with Gasteiger partial charge in [-0.1, -0.05) is 0 Å². The molecule has 0 aliphatic carbocycles. The Bertz CT molecular complexity index is 836. The van der Waals surface area contributed by atoms with Gasteiger partial charge in [-0.3, -0.25) is 5.32 Å². The number of ether oxygens (including phenoxy) is 2. The van der Waals surface area contributed by atoms with E-state index < -0.39 is 0 Å². The smallest absolute Gasteiger partial charge is 0.319 e. The van der Waals surface area contributed by atoms with Gasteiger partial charge in [-0.25, -0.2) is 4.79 Å². The molecule has 140 valence electrons. The number of rotatable bonds is 8. The quantitative estimate of drug-likeness (QED) is 0.577. The summed E-state index contributed by atoms with van der Waals surface area (Å²) in [6.45, 7) is 3.24. The fourth-order valence-electron chi connectivity index (χ4n) is 2.27. The lowest BCUT2D eigenvalue weighted by molar-refractivity contribution is 0.246. The molecule has 3 rings (SSSR count). The highest BCUT2D eigenvalue weighted by molar-refractivity contribution is 7.14. The summed E-state index contributed by atoms with van der Waals surface area (Å²) < 4.78 is 10.9. The summed E-state index contributed by atoms with van der Waals surface area (Å²) in [5.41, 5.74) is 1.70. The molecule has 0 aliphatic heterocycles. The molecule has 0 bridgehead atoms. The van der Waals surface area contributed by atoms with Crippen LogP contribution in [0.15, 0.2) is 53.9 Å². The summed E-state index contributed by atoms with van der Waals surface area (Å²) in [7, 11) is 0. The highest BCUT2D eigenvalue weighted by atomic mass is 32.1. The number of carbonyl (C=O) groups excluding carboxylic acids is 1. The van der Waals surface area contributed by atoms with Gasteiger partial charge in [0.25, 0.3) is 0 Å². The summed E-state index contributed by atoms with van der Waals surface area (Å²) in [6.07, 6.45) is 0. The first-order valence-electron chi connectivity index (χ1n) is 8.52. The van der Waals surface area contributed by atoms with Crippen LogP contribution in [-0.4, -0.2) is 36.0 Å². The predicted molar refractivity (Wildman–Crippen MR) is 105 cm³/mol. The van der Waals surface area contributed by atoms with Crippen molar-refractivity contribution >= 4 is 22.4 Å². The third-order valence-corrected chi connectivity index (χ3v) is 4.28. The molecule has 0 fully saturated rings. The molecule has 2 aromatic heterocycles. The van der Waals surface area contributed by atoms with E-state index in [1.54, 1.807) is 6.07 Å². The summed E-state index contributed by atoms with van der Waals surface area (Å²) in [6, 6.07) is 14.7. The van der Waals surface area contributed by atoms with Gasteiger partial charge in [-0.15, -0.1) is 21.5 Å². The minimum Gasteiger partial charge on any atom is -0.494 e. The van der Waals surface area contributed by atoms with Crippen LogP contribution in [0.4, 0.5) is 9.80 Å². The zero-order valence-corrected chi connectivity index (χ0v) is 15.7. The number of hydrogen-bond acceptors (Lipinski definition) is 6. The Hall–Kier alpha value is -3.13. The van der Waals surface area contributed by atoms with E-state index in [9.17, 15) is 4.79 Å². The molecular weight excluding hydrogens is 364 g/mol. The Morgan fingerprint density at radius 3 is 2.59 bits per heavy atom. The van der Waals surface area contributed by atoms with E-state index in [2.05, 4.69) is 20.8 Å². The van der Waals surface area contributed by atoms with E-state index in [0.717, 1.165) is 22.0 Å². The molecule has 2 amide bonds. The SMILES string of the molecule is CCOc1ccc(-c2ccc(OCCNC(=O)Nc3cccs3)nn2)cc1. The minimum atomic E-state index is -0.266. The van der Waals surface area contributed by atoms with Gasteiger partial charge < -0.3 is 14.8 Å². The lowest BCUT2D eigenvalue weighted by Crippen LogP contribution is -2.32. The zero-order chi connectivity index (χ0) is 18.9. The van der Waals surface area contributed by atoms with Crippen LogP contribution in [0.25, 0.3) is 11.3 Å². The molecule has 0 spiro atoms. The van der Waals surface area contributed by atoms with Crippen LogP contribution in [0.3, 0.4) is 0 Å². The fraction of sp³-hybridized carbons (Fsp3) is 0.211. The molecule has 2 heterocycles. The zero-order valence-electron chi connectivity index (χ0n) is 14.8. The third kappa shape index (κ3) is 5.68. The van der Waals surface area contributed by atoms with Gasteiger partial charge in [0.2, 0.25) is 5.88 Å². The van der Waals surface area contributed by atoms with E-state index in [0.29, 0.717) is 25.6 Å². The van der Waals surface area contributed by atoms with Crippen LogP contribution in [0.1, 0.15) is 6.92 Å². The van der Waals surface area contributed by atoms with Crippen LogP contribution in [-0.2, 0) is 0 Å². The Balaban J connectivity index is 1.43. The highest BCUT2D eigenvalue weighted by Crippen LogP contribution is 2.21. The van der Waals surface area contributed by atoms with Crippen molar-refractivity contribution in [3.8, 4) is 22.9 Å². The monoisotopic (exact) mass is 384 g/mol. The van der Waals surface area contributed by atoms with Gasteiger partial charge in [0.15, 0.2) is 0 Å². The number of carbonyl (C=O) groups is 1. The number of thiophene rings is 1. The topological polar surface area (TPSA) is 85.4 Å². The van der Waals surface area contributed by atoms with E-state index >= 15 is 0 Å². The van der Waals surface area contributed by atoms with Crippen molar-refractivity contribution in [1.82, 2.24) is 15.5 Å². The second-order valence-electron chi connectivity index (χ2n) is 5.42. The first kappa shape index (κ1) is 18.7. The number of anilines is 1. The lowest BCUT2D eigenvalue weighted by atomic mass is 10.1. The molecular formula is C19H20N4O3S. The summed E-state index contributed by atoms with van der Waals surface area (Å²) in [4.78, 5) is 11.7. The molecule has 8 heteroatoms. The summed E-state index contributed by atoms with van der Waals surface area (Å²) >= 11 is 1.46. The van der Waals surface area contributed by atoms with Gasteiger partial charge in [0.1, 0.15) is 12.4 Å². The number of aromatic nitrogens is 2. The van der Waals surface area contributed by atoms with Gasteiger partial charge in [0, 0.05) is 11.6 Å². The lowest BCUT2D eigenvalue weighted by Gasteiger charge is -2.08. The first-order valence-corrected chi connectivity index (χ1v) is 9.40. The molecule has 0 aliphatic rings. The molecule has 3 aromatic rings. The Morgan fingerprint density at radius 1 is 1.07 bits per heavy atom. The van der Waals surface area contributed by atoms with E-state index in [1.165, 1.54) is 11.3 Å². The van der Waals surface area contributed by atoms with Crippen molar-refractivity contribution in [3.63, 3.8) is 0 Å². The van der Waals surface area contributed by atoms with Crippen LogP contribution < -0.4 is 20.1 Å². The van der Waals surface area contributed by atoms with Crippen molar-refractivity contribution in [2.75, 3.05) is 25.1 Å². The second-order valence-corrected chi connectivity index (χ2v) is 6.37. The average Bonchev–Trinajstić information content (AvgIpc) is 3.20. The van der Waals surface area contributed by atoms with Crippen molar-refractivity contribution in [2.45, 2.75) is 6.92 Å². The molecule has 0 saturated heterocycles. The number of urea groups is 1.